The maximum atomic E-state index is 11.3. The average molecular weight is 234 g/mol. The Kier molecular flexibility index (Phi) is 3.33. The van der Waals surface area contributed by atoms with Crippen molar-refractivity contribution in [2.24, 2.45) is 0 Å². The van der Waals surface area contributed by atoms with Crippen molar-refractivity contribution in [3.8, 4) is 0 Å². The molecule has 1 aromatic rings. The number of carbonyl (C=O) groups is 1. The van der Waals surface area contributed by atoms with E-state index in [1.165, 1.54) is 6.92 Å². The predicted molar refractivity (Wildman–Crippen MR) is 68.5 cm³/mol. The first-order valence-electron chi connectivity index (χ1n) is 5.80. The van der Waals surface area contributed by atoms with Crippen LogP contribution in [0, 0.1) is 0 Å². The maximum absolute atomic E-state index is 11.3. The second kappa shape index (κ2) is 4.75. The second-order valence-corrected chi connectivity index (χ2v) is 4.46. The van der Waals surface area contributed by atoms with E-state index >= 15 is 0 Å². The van der Waals surface area contributed by atoms with Crippen LogP contribution in [0.5, 0.6) is 0 Å². The zero-order valence-electron chi connectivity index (χ0n) is 10.3. The molecule has 92 valence electrons. The zero-order chi connectivity index (χ0) is 12.4. The van der Waals surface area contributed by atoms with Gasteiger partial charge in [-0.05, 0) is 31.5 Å². The van der Waals surface area contributed by atoms with E-state index in [2.05, 4.69) is 4.90 Å². The van der Waals surface area contributed by atoms with Gasteiger partial charge >= 0.3 is 0 Å². The van der Waals surface area contributed by atoms with Crippen molar-refractivity contribution in [3.63, 3.8) is 0 Å². The van der Waals surface area contributed by atoms with Crippen LogP contribution in [0.4, 0.5) is 11.4 Å². The number of rotatable bonds is 3. The third-order valence-corrected chi connectivity index (χ3v) is 3.28. The van der Waals surface area contributed by atoms with Gasteiger partial charge in [-0.3, -0.25) is 4.79 Å². The van der Waals surface area contributed by atoms with Gasteiger partial charge in [-0.15, -0.1) is 0 Å². The van der Waals surface area contributed by atoms with Crippen molar-refractivity contribution >= 4 is 17.2 Å². The Hall–Kier alpha value is -1.55. The molecule has 0 radical (unpaired) electrons. The molecule has 4 heteroatoms. The molecule has 4 nitrogen and oxygen atoms in total. The van der Waals surface area contributed by atoms with E-state index < -0.39 is 0 Å². The molecule has 0 aliphatic carbocycles. The van der Waals surface area contributed by atoms with Gasteiger partial charge in [-0.2, -0.15) is 0 Å². The van der Waals surface area contributed by atoms with Gasteiger partial charge < -0.3 is 15.4 Å². The number of nitrogens with zero attached hydrogens (tertiary/aromatic N) is 1. The average Bonchev–Trinajstić information content (AvgIpc) is 2.80. The summed E-state index contributed by atoms with van der Waals surface area (Å²) >= 11 is 0. The number of carbonyl (C=O) groups excluding carboxylic acids is 1. The molecule has 17 heavy (non-hydrogen) atoms. The van der Waals surface area contributed by atoms with Gasteiger partial charge in [0.25, 0.3) is 0 Å². The number of nitrogens with two attached hydrogens (primary N) is 1. The van der Waals surface area contributed by atoms with Crippen LogP contribution in [0.1, 0.15) is 23.7 Å². The van der Waals surface area contributed by atoms with Gasteiger partial charge in [-0.25, -0.2) is 0 Å². The fourth-order valence-electron chi connectivity index (χ4n) is 2.13. The predicted octanol–water partition coefficient (Wildman–Crippen LogP) is 1.70. The summed E-state index contributed by atoms with van der Waals surface area (Å²) in [6.45, 7) is 3.10. The highest BCUT2D eigenvalue weighted by Gasteiger charge is 2.21. The Morgan fingerprint density at radius 2 is 2.29 bits per heavy atom. The first-order valence-corrected chi connectivity index (χ1v) is 5.80. The molecule has 1 heterocycles. The Balaban J connectivity index is 2.21. The molecule has 0 bridgehead atoms. The molecule has 1 unspecified atom stereocenters. The summed E-state index contributed by atoms with van der Waals surface area (Å²) in [7, 11) is 2.03. The maximum Gasteiger partial charge on any atom is 0.161 e. The van der Waals surface area contributed by atoms with Gasteiger partial charge in [0, 0.05) is 30.6 Å². The fourth-order valence-corrected chi connectivity index (χ4v) is 2.13. The summed E-state index contributed by atoms with van der Waals surface area (Å²) in [6.07, 6.45) is 1.03. The lowest BCUT2D eigenvalue weighted by Gasteiger charge is -2.25. The number of nitrogen functional groups attached to an aromatic ring is 1. The van der Waals surface area contributed by atoms with Crippen molar-refractivity contribution in [2.45, 2.75) is 19.4 Å². The molecule has 1 aliphatic rings. The molecule has 1 aromatic carbocycles. The summed E-state index contributed by atoms with van der Waals surface area (Å²) in [5.41, 5.74) is 8.04. The van der Waals surface area contributed by atoms with Crippen LogP contribution in [0.15, 0.2) is 18.2 Å². The van der Waals surface area contributed by atoms with Crippen molar-refractivity contribution in [2.75, 3.05) is 30.9 Å². The van der Waals surface area contributed by atoms with Crippen LogP contribution in [0.2, 0.25) is 0 Å². The third-order valence-electron chi connectivity index (χ3n) is 3.28. The number of hydrogen-bond acceptors (Lipinski definition) is 4. The standard InChI is InChI=1S/C13H18N2O2/c1-9(16)12-4-3-10(7-13(12)14)15(2)11-5-6-17-8-11/h3-4,7,11H,5-6,8,14H2,1-2H3. The van der Waals surface area contributed by atoms with Crippen LogP contribution in [-0.4, -0.2) is 32.1 Å². The molecule has 0 saturated carbocycles. The summed E-state index contributed by atoms with van der Waals surface area (Å²) in [6, 6.07) is 5.98. The highest BCUT2D eigenvalue weighted by molar-refractivity contribution is 5.99. The minimum Gasteiger partial charge on any atom is -0.398 e. The summed E-state index contributed by atoms with van der Waals surface area (Å²) in [4.78, 5) is 13.4. The molecule has 0 amide bonds. The third kappa shape index (κ3) is 2.42. The quantitative estimate of drug-likeness (QED) is 0.639. The Labute approximate surface area is 101 Å². The number of likely N-dealkylation sites (N-methyl/N-ethyl adjacent to an activating group) is 1. The topological polar surface area (TPSA) is 55.6 Å². The van der Waals surface area contributed by atoms with Gasteiger partial charge in [-0.1, -0.05) is 0 Å². The van der Waals surface area contributed by atoms with Crippen LogP contribution in [0.25, 0.3) is 0 Å². The van der Waals surface area contributed by atoms with Crippen LogP contribution < -0.4 is 10.6 Å². The van der Waals surface area contributed by atoms with Gasteiger partial charge in [0.1, 0.15) is 0 Å². The molecule has 0 aromatic heterocycles. The largest absolute Gasteiger partial charge is 0.398 e. The van der Waals surface area contributed by atoms with E-state index in [-0.39, 0.29) is 5.78 Å². The number of benzene rings is 1. The second-order valence-electron chi connectivity index (χ2n) is 4.46. The van der Waals surface area contributed by atoms with Crippen molar-refractivity contribution < 1.29 is 9.53 Å². The smallest absolute Gasteiger partial charge is 0.161 e. The zero-order valence-corrected chi connectivity index (χ0v) is 10.3. The van der Waals surface area contributed by atoms with E-state index in [0.29, 0.717) is 17.3 Å². The van der Waals surface area contributed by atoms with E-state index in [0.717, 1.165) is 25.3 Å². The van der Waals surface area contributed by atoms with Crippen molar-refractivity contribution in [3.05, 3.63) is 23.8 Å². The summed E-state index contributed by atoms with van der Waals surface area (Å²) in [5.74, 6) is 0.000836. The molecule has 0 spiro atoms. The van der Waals surface area contributed by atoms with Crippen LogP contribution >= 0.6 is 0 Å². The van der Waals surface area contributed by atoms with Gasteiger partial charge in [0.05, 0.1) is 12.6 Å². The summed E-state index contributed by atoms with van der Waals surface area (Å²) in [5, 5.41) is 0. The Bertz CT molecular complexity index is 425. The van der Waals surface area contributed by atoms with Gasteiger partial charge in [0.15, 0.2) is 5.78 Å². The normalized spacial score (nSPS) is 19.3. The molecular weight excluding hydrogens is 216 g/mol. The molecule has 1 aliphatic heterocycles. The minimum atomic E-state index is 0.000836. The lowest BCUT2D eigenvalue weighted by Crippen LogP contribution is -2.31. The Morgan fingerprint density at radius 1 is 1.53 bits per heavy atom. The van der Waals surface area contributed by atoms with E-state index in [9.17, 15) is 4.79 Å². The molecule has 2 N–H and O–H groups in total. The number of anilines is 2. The van der Waals surface area contributed by atoms with Gasteiger partial charge in [0.2, 0.25) is 0 Å². The number of ether oxygens (including phenoxy) is 1. The summed E-state index contributed by atoms with van der Waals surface area (Å²) < 4.78 is 5.36. The van der Waals surface area contributed by atoms with Crippen LogP contribution in [0.3, 0.4) is 0 Å². The highest BCUT2D eigenvalue weighted by Crippen LogP contribution is 2.24. The number of Topliss-reactive ketones (excluding diaryl/α,β-unsaturated/α-hetero) is 1. The lowest BCUT2D eigenvalue weighted by molar-refractivity contribution is 0.101. The monoisotopic (exact) mass is 234 g/mol. The van der Waals surface area contributed by atoms with Crippen LogP contribution in [-0.2, 0) is 4.74 Å². The number of ketones is 1. The molecule has 2 rings (SSSR count). The van der Waals surface area contributed by atoms with E-state index in [1.54, 1.807) is 6.07 Å². The molecule has 1 atom stereocenters. The first-order chi connectivity index (χ1) is 8.09. The number of hydrogen-bond donors (Lipinski definition) is 1. The first kappa shape index (κ1) is 11.9. The van der Waals surface area contributed by atoms with Crippen molar-refractivity contribution in [1.29, 1.82) is 0 Å². The molecule has 1 saturated heterocycles. The fraction of sp³-hybridized carbons (Fsp3) is 0.462. The van der Waals surface area contributed by atoms with E-state index in [4.69, 9.17) is 10.5 Å². The lowest BCUT2D eigenvalue weighted by atomic mass is 10.1. The highest BCUT2D eigenvalue weighted by atomic mass is 16.5. The molecular formula is C13H18N2O2. The molecule has 1 fully saturated rings. The SMILES string of the molecule is CC(=O)c1ccc(N(C)C2CCOC2)cc1N. The minimum absolute atomic E-state index is 0.000836. The Morgan fingerprint density at radius 3 is 2.82 bits per heavy atom. The van der Waals surface area contributed by atoms with E-state index in [1.807, 2.05) is 19.2 Å². The van der Waals surface area contributed by atoms with Crippen molar-refractivity contribution in [1.82, 2.24) is 0 Å².